The summed E-state index contributed by atoms with van der Waals surface area (Å²) in [4.78, 5) is 0. The van der Waals surface area contributed by atoms with Gasteiger partial charge in [0.2, 0.25) is 0 Å². The Morgan fingerprint density at radius 1 is 0.533 bits per heavy atom. The molecular weight excluding hydrogens is 989 g/mol. The summed E-state index contributed by atoms with van der Waals surface area (Å²) in [6.07, 6.45) is -22.6. The van der Waals surface area contributed by atoms with Crippen molar-refractivity contribution in [1.82, 2.24) is 0 Å². The Hall–Kier alpha value is -1.14. The molecule has 4 saturated heterocycles. The number of aliphatic hydroxyl groups is 14. The quantitative estimate of drug-likeness (QED) is 0.0614. The van der Waals surface area contributed by atoms with Crippen molar-refractivity contribution in [2.24, 2.45) is 45.3 Å². The summed E-state index contributed by atoms with van der Waals surface area (Å²) in [7, 11) is 0. The average Bonchev–Trinajstić information content (AvgIpc) is 3.91. The molecule has 8 rings (SSSR count). The normalized spacial score (nSPS) is 52.6. The Morgan fingerprint density at radius 3 is 1.53 bits per heavy atom. The maximum Gasteiger partial charge on any atom is 0.187 e. The predicted molar refractivity (Wildman–Crippen MR) is 260 cm³/mol. The molecule has 4 aliphatic heterocycles. The highest BCUT2D eigenvalue weighted by Crippen LogP contribution is 2.76. The van der Waals surface area contributed by atoms with E-state index in [0.717, 1.165) is 24.8 Å². The van der Waals surface area contributed by atoms with E-state index in [1.807, 2.05) is 20.8 Å². The lowest BCUT2D eigenvalue weighted by atomic mass is 9.35. The second kappa shape index (κ2) is 22.7. The van der Waals surface area contributed by atoms with Crippen LogP contribution < -0.4 is 0 Å². The Morgan fingerprint density at radius 2 is 1.00 bits per heavy atom. The first-order valence-corrected chi connectivity index (χ1v) is 27.3. The predicted octanol–water partition coefficient (Wildman–Crippen LogP) is -1.56. The van der Waals surface area contributed by atoms with Crippen LogP contribution in [0.5, 0.6) is 0 Å². The van der Waals surface area contributed by atoms with Crippen LogP contribution in [0.2, 0.25) is 0 Å². The molecule has 0 spiro atoms. The molecule has 0 radical (unpaired) electrons. The van der Waals surface area contributed by atoms with E-state index < -0.39 is 172 Å². The summed E-state index contributed by atoms with van der Waals surface area (Å²) < 4.78 is 49.6. The molecule has 4 heterocycles. The molecule has 0 amide bonds. The van der Waals surface area contributed by atoms with Crippen molar-refractivity contribution < 1.29 is 109 Å². The molecule has 4 aliphatic carbocycles. The highest BCUT2D eigenvalue weighted by molar-refractivity contribution is 5.21. The monoisotopic (exact) mass is 1080 g/mol. The molecule has 0 aromatic carbocycles. The fourth-order valence-corrected chi connectivity index (χ4v) is 16.1. The zero-order chi connectivity index (χ0) is 55.1. The molecule has 434 valence electrons. The van der Waals surface area contributed by atoms with Crippen molar-refractivity contribution in [2.45, 2.75) is 248 Å². The van der Waals surface area contributed by atoms with Crippen LogP contribution in [0, 0.1) is 45.3 Å². The molecule has 0 bridgehead atoms. The number of fused-ring (bicyclic) bond motifs is 5. The SMILES string of the molecule is CC(C)=CCC[C@](C)(O[C@@H]1O[C@H](CO)[C@@H](O)[C@H](O)[C@H]1O[C@@H]1O[C@@H](CO)[C@H](O)[C@H]1O)[C@H]1CC[C@]2(C)[C@@H]1[C@H](O)C[C@@H]1[C@@]3(C)CC[C@H](O[C@@H]4O[C@H](CO)[C@@H](O)[C@H](O)[C@H]4O[C@@H]4O[C@H](CO)[C@@H](O)[C@H](O)[C@H]4O)C(C)(C)[C@@H]3CC[C@]12C. The number of allylic oxidation sites excluding steroid dienone is 2. The fraction of sp³-hybridized carbons (Fsp3) is 0.962. The first-order valence-electron chi connectivity index (χ1n) is 27.3. The van der Waals surface area contributed by atoms with Crippen LogP contribution >= 0.6 is 0 Å². The number of ether oxygens (including phenoxy) is 8. The topological polar surface area (TPSA) is 357 Å². The third kappa shape index (κ3) is 10.4. The van der Waals surface area contributed by atoms with Gasteiger partial charge in [-0.2, -0.15) is 0 Å². The highest BCUT2D eigenvalue weighted by Gasteiger charge is 2.72. The van der Waals surface area contributed by atoms with E-state index in [0.29, 0.717) is 38.5 Å². The lowest BCUT2D eigenvalue weighted by Gasteiger charge is -2.71. The fourth-order valence-electron chi connectivity index (χ4n) is 16.1. The van der Waals surface area contributed by atoms with Crippen molar-refractivity contribution in [3.63, 3.8) is 0 Å². The van der Waals surface area contributed by atoms with E-state index in [-0.39, 0.29) is 34.5 Å². The first-order chi connectivity index (χ1) is 35.2. The zero-order valence-corrected chi connectivity index (χ0v) is 44.7. The minimum absolute atomic E-state index is 0.0399. The third-order valence-corrected chi connectivity index (χ3v) is 20.6. The van der Waals surface area contributed by atoms with Crippen LogP contribution in [0.15, 0.2) is 11.6 Å². The maximum absolute atomic E-state index is 12.9. The summed E-state index contributed by atoms with van der Waals surface area (Å²) in [6, 6.07) is 0. The van der Waals surface area contributed by atoms with Gasteiger partial charge in [-0.25, -0.2) is 0 Å². The summed E-state index contributed by atoms with van der Waals surface area (Å²) in [5.41, 5.74) is -1.58. The van der Waals surface area contributed by atoms with Gasteiger partial charge in [0.25, 0.3) is 0 Å². The number of hydrogen-bond donors (Lipinski definition) is 14. The van der Waals surface area contributed by atoms with Crippen LogP contribution in [0.25, 0.3) is 0 Å². The van der Waals surface area contributed by atoms with E-state index >= 15 is 0 Å². The molecule has 22 heteroatoms. The van der Waals surface area contributed by atoms with Crippen molar-refractivity contribution in [3.8, 4) is 0 Å². The smallest absolute Gasteiger partial charge is 0.187 e. The summed E-state index contributed by atoms with van der Waals surface area (Å²) in [6.45, 7) is 14.6. The molecule has 29 atom stereocenters. The minimum Gasteiger partial charge on any atom is -0.394 e. The van der Waals surface area contributed by atoms with E-state index in [2.05, 4.69) is 40.7 Å². The largest absolute Gasteiger partial charge is 0.394 e. The molecular formula is C53H90O22. The van der Waals surface area contributed by atoms with Crippen LogP contribution in [0.3, 0.4) is 0 Å². The van der Waals surface area contributed by atoms with Crippen molar-refractivity contribution in [1.29, 1.82) is 0 Å². The van der Waals surface area contributed by atoms with Crippen molar-refractivity contribution in [2.75, 3.05) is 26.4 Å². The summed E-state index contributed by atoms with van der Waals surface area (Å²) in [5.74, 6) is -0.467. The molecule has 75 heavy (non-hydrogen) atoms. The van der Waals surface area contributed by atoms with E-state index in [1.165, 1.54) is 0 Å². The standard InChI is InChI=1S/C53H90O22/c1-23(2)10-9-14-53(8,75-48-44(40(65)36(61)28(21-56)71-48)74-45-41(66)37(62)29(22-57)69-45)24-11-16-52(7)33(24)25(58)18-31-50(5)15-13-32(49(3,4)30(50)12-17-51(31,52)6)72-47-43(39(64)35(60)27(20-55)70-47)73-46-42(67)38(63)34(59)26(19-54)68-46/h10,24-48,54-67H,9,11-22H2,1-8H3/t24-,25+,26+,27+,28+,29-,30-,31+,32-,33-,34+,35+,36+,37-,38-,39-,40-,41+,42+,43+,44+,45-,46-,47-,48-,50-,51+,52+,53-/m0/s1. The second-order valence-corrected chi connectivity index (χ2v) is 25.2. The van der Waals surface area contributed by atoms with Crippen LogP contribution in [-0.4, -0.2) is 232 Å². The molecule has 0 unspecified atom stereocenters. The number of rotatable bonds is 16. The first kappa shape index (κ1) is 60.0. The number of hydrogen-bond acceptors (Lipinski definition) is 22. The Kier molecular flexibility index (Phi) is 18.1. The lowest BCUT2D eigenvalue weighted by Crippen LogP contribution is -2.68. The summed E-state index contributed by atoms with van der Waals surface area (Å²) in [5, 5.41) is 151. The van der Waals surface area contributed by atoms with E-state index in [1.54, 1.807) is 0 Å². The Bertz CT molecular complexity index is 1940. The van der Waals surface area contributed by atoms with E-state index in [4.69, 9.17) is 37.9 Å². The van der Waals surface area contributed by atoms with Gasteiger partial charge in [0.05, 0.1) is 44.2 Å². The van der Waals surface area contributed by atoms with Gasteiger partial charge in [-0.3, -0.25) is 0 Å². The van der Waals surface area contributed by atoms with Gasteiger partial charge >= 0.3 is 0 Å². The molecule has 8 fully saturated rings. The molecule has 22 nitrogen and oxygen atoms in total. The van der Waals surface area contributed by atoms with Gasteiger partial charge in [-0.15, -0.1) is 0 Å². The highest BCUT2D eigenvalue weighted by atomic mass is 16.8. The van der Waals surface area contributed by atoms with Gasteiger partial charge in [0.15, 0.2) is 25.2 Å². The van der Waals surface area contributed by atoms with Crippen LogP contribution in [0.1, 0.15) is 113 Å². The van der Waals surface area contributed by atoms with Gasteiger partial charge < -0.3 is 109 Å². The van der Waals surface area contributed by atoms with Gasteiger partial charge in [-0.1, -0.05) is 46.3 Å². The summed E-state index contributed by atoms with van der Waals surface area (Å²) >= 11 is 0. The van der Waals surface area contributed by atoms with Gasteiger partial charge in [0.1, 0.15) is 91.6 Å². The number of aliphatic hydroxyl groups excluding tert-OH is 14. The third-order valence-electron chi connectivity index (χ3n) is 20.6. The molecule has 8 aliphatic rings. The second-order valence-electron chi connectivity index (χ2n) is 25.2. The molecule has 4 saturated carbocycles. The van der Waals surface area contributed by atoms with Gasteiger partial charge in [-0.05, 0) is 124 Å². The minimum atomic E-state index is -1.81. The lowest BCUT2D eigenvalue weighted by molar-refractivity contribution is -0.378. The Labute approximate surface area is 439 Å². The maximum atomic E-state index is 12.9. The van der Waals surface area contributed by atoms with Crippen LogP contribution in [-0.2, 0) is 37.9 Å². The van der Waals surface area contributed by atoms with E-state index in [9.17, 15) is 71.5 Å². The average molecular weight is 1080 g/mol. The van der Waals surface area contributed by atoms with Crippen molar-refractivity contribution in [3.05, 3.63) is 11.6 Å². The zero-order valence-electron chi connectivity index (χ0n) is 44.7. The molecule has 14 N–H and O–H groups in total. The van der Waals surface area contributed by atoms with Crippen molar-refractivity contribution >= 4 is 0 Å². The molecule has 0 aromatic heterocycles. The van der Waals surface area contributed by atoms with Crippen LogP contribution in [0.4, 0.5) is 0 Å². The Balaban J connectivity index is 1.04. The van der Waals surface area contributed by atoms with Gasteiger partial charge in [0, 0.05) is 0 Å². The molecule has 0 aromatic rings.